The third-order valence-corrected chi connectivity index (χ3v) is 5.14. The van der Waals surface area contributed by atoms with Crippen molar-refractivity contribution in [1.82, 2.24) is 24.6 Å². The summed E-state index contributed by atoms with van der Waals surface area (Å²) in [6, 6.07) is 3.72. The number of benzene rings is 1. The number of imidazole rings is 1. The fraction of sp³-hybridized carbons (Fsp3) is 0.421. The molecule has 0 aliphatic carbocycles. The van der Waals surface area contributed by atoms with Crippen molar-refractivity contribution in [3.63, 3.8) is 0 Å². The van der Waals surface area contributed by atoms with Crippen LogP contribution in [0.25, 0.3) is 22.2 Å². The Bertz CT molecular complexity index is 968. The lowest BCUT2D eigenvalue weighted by molar-refractivity contribution is 0.186. The highest BCUT2D eigenvalue weighted by molar-refractivity contribution is 5.98. The zero-order valence-corrected chi connectivity index (χ0v) is 15.8. The van der Waals surface area contributed by atoms with E-state index in [1.54, 1.807) is 18.0 Å². The van der Waals surface area contributed by atoms with Crippen LogP contribution in [0.3, 0.4) is 0 Å². The van der Waals surface area contributed by atoms with E-state index in [1.807, 2.05) is 30.3 Å². The largest absolute Gasteiger partial charge is 0.494 e. The fourth-order valence-corrected chi connectivity index (χ4v) is 3.48. The Morgan fingerprint density at radius 2 is 2.11 bits per heavy atom. The van der Waals surface area contributed by atoms with Gasteiger partial charge in [-0.15, -0.1) is 0 Å². The number of anilines is 1. The summed E-state index contributed by atoms with van der Waals surface area (Å²) in [7, 11) is 3.49. The first-order valence-corrected chi connectivity index (χ1v) is 9.17. The first-order chi connectivity index (χ1) is 13.0. The van der Waals surface area contributed by atoms with Crippen LogP contribution >= 0.6 is 0 Å². The number of rotatable bonds is 3. The molecule has 2 aromatic heterocycles. The second-order valence-corrected chi connectivity index (χ2v) is 7.13. The summed E-state index contributed by atoms with van der Waals surface area (Å²) in [5.41, 5.74) is 3.38. The van der Waals surface area contributed by atoms with Crippen LogP contribution < -0.4 is 10.1 Å². The molecule has 8 heteroatoms. The number of hydrogen-bond donors (Lipinski definition) is 2. The molecule has 1 aromatic carbocycles. The van der Waals surface area contributed by atoms with E-state index < -0.39 is 0 Å². The lowest BCUT2D eigenvalue weighted by atomic mass is 10.00. The molecule has 27 heavy (non-hydrogen) atoms. The van der Waals surface area contributed by atoms with Crippen molar-refractivity contribution in [2.24, 2.45) is 13.0 Å². The summed E-state index contributed by atoms with van der Waals surface area (Å²) in [5, 5.41) is 7.13. The standard InChI is InChI=1S/C19H24N6O2/c1-12-6-8-25(9-7-12)19(26)23-18-21-16-14(13-10-20-24(2)11-13)4-5-15(27-3)17(16)22-18/h4-5,10-12H,6-9H2,1-3H3,(H2,21,22,23,26). The van der Waals surface area contributed by atoms with Gasteiger partial charge in [0.2, 0.25) is 5.95 Å². The van der Waals surface area contributed by atoms with E-state index in [-0.39, 0.29) is 6.03 Å². The van der Waals surface area contributed by atoms with Crippen LogP contribution in [0, 0.1) is 5.92 Å². The number of nitrogens with zero attached hydrogens (tertiary/aromatic N) is 4. The zero-order valence-electron chi connectivity index (χ0n) is 15.8. The van der Waals surface area contributed by atoms with E-state index >= 15 is 0 Å². The molecule has 0 bridgehead atoms. The Labute approximate surface area is 157 Å². The number of fused-ring (bicyclic) bond motifs is 1. The average molecular weight is 368 g/mol. The number of piperidine rings is 1. The van der Waals surface area contributed by atoms with Crippen LogP contribution in [-0.4, -0.2) is 50.9 Å². The molecule has 0 atom stereocenters. The number of nitrogens with one attached hydrogen (secondary N) is 2. The molecule has 1 fully saturated rings. The maximum atomic E-state index is 12.6. The maximum absolute atomic E-state index is 12.6. The Kier molecular flexibility index (Phi) is 4.47. The molecule has 142 valence electrons. The molecule has 0 saturated carbocycles. The van der Waals surface area contributed by atoms with Gasteiger partial charge in [0, 0.05) is 37.5 Å². The maximum Gasteiger partial charge on any atom is 0.324 e. The van der Waals surface area contributed by atoms with Gasteiger partial charge in [0.15, 0.2) is 0 Å². The molecule has 3 heterocycles. The lowest BCUT2D eigenvalue weighted by Gasteiger charge is -2.29. The smallest absolute Gasteiger partial charge is 0.324 e. The van der Waals surface area contributed by atoms with Gasteiger partial charge in [0.05, 0.1) is 13.3 Å². The molecule has 3 aromatic rings. The van der Waals surface area contributed by atoms with Gasteiger partial charge < -0.3 is 14.6 Å². The molecule has 1 aliphatic rings. The minimum Gasteiger partial charge on any atom is -0.494 e. The molecule has 0 radical (unpaired) electrons. The number of likely N-dealkylation sites (tertiary alicyclic amines) is 1. The Balaban J connectivity index is 1.65. The molecule has 1 aliphatic heterocycles. The van der Waals surface area contributed by atoms with Gasteiger partial charge in [-0.3, -0.25) is 10.00 Å². The van der Waals surface area contributed by atoms with Crippen LogP contribution in [0.4, 0.5) is 10.7 Å². The number of carbonyl (C=O) groups is 1. The molecule has 2 N–H and O–H groups in total. The first kappa shape index (κ1) is 17.4. The number of hydrogen-bond acceptors (Lipinski definition) is 4. The van der Waals surface area contributed by atoms with Crippen molar-refractivity contribution in [3.8, 4) is 16.9 Å². The second-order valence-electron chi connectivity index (χ2n) is 7.13. The number of methoxy groups -OCH3 is 1. The lowest BCUT2D eigenvalue weighted by Crippen LogP contribution is -2.40. The molecule has 2 amide bonds. The Morgan fingerprint density at radius 1 is 1.33 bits per heavy atom. The van der Waals surface area contributed by atoms with Gasteiger partial charge in [-0.2, -0.15) is 5.10 Å². The number of urea groups is 1. The number of carbonyl (C=O) groups excluding carboxylic acids is 1. The van der Waals surface area contributed by atoms with E-state index in [2.05, 4.69) is 27.3 Å². The van der Waals surface area contributed by atoms with Crippen LogP contribution in [0.1, 0.15) is 19.8 Å². The Morgan fingerprint density at radius 3 is 2.78 bits per heavy atom. The summed E-state index contributed by atoms with van der Waals surface area (Å²) < 4.78 is 7.20. The molecule has 0 spiro atoms. The quantitative estimate of drug-likeness (QED) is 0.743. The summed E-state index contributed by atoms with van der Waals surface area (Å²) in [4.78, 5) is 22.2. The van der Waals surface area contributed by atoms with Crippen LogP contribution in [-0.2, 0) is 7.05 Å². The first-order valence-electron chi connectivity index (χ1n) is 9.17. The SMILES string of the molecule is COc1ccc(-c2cnn(C)c2)c2nc(NC(=O)N3CCC(C)CC3)[nH]c12. The van der Waals surface area contributed by atoms with Crippen molar-refractivity contribution in [2.45, 2.75) is 19.8 Å². The highest BCUT2D eigenvalue weighted by atomic mass is 16.5. The molecular formula is C19H24N6O2. The van der Waals surface area contributed by atoms with Crippen molar-refractivity contribution in [2.75, 3.05) is 25.5 Å². The molecule has 4 rings (SSSR count). The number of aromatic amines is 1. The number of H-pyrrole nitrogens is 1. The predicted molar refractivity (Wildman–Crippen MR) is 104 cm³/mol. The number of amides is 2. The van der Waals surface area contributed by atoms with Crippen molar-refractivity contribution < 1.29 is 9.53 Å². The minimum absolute atomic E-state index is 0.122. The van der Waals surface area contributed by atoms with E-state index in [0.717, 1.165) is 48.1 Å². The molecule has 1 saturated heterocycles. The summed E-state index contributed by atoms with van der Waals surface area (Å²) >= 11 is 0. The van der Waals surface area contributed by atoms with Crippen molar-refractivity contribution in [1.29, 1.82) is 0 Å². The number of ether oxygens (including phenoxy) is 1. The van der Waals surface area contributed by atoms with E-state index in [1.165, 1.54) is 0 Å². The van der Waals surface area contributed by atoms with Gasteiger partial charge in [-0.25, -0.2) is 9.78 Å². The summed E-state index contributed by atoms with van der Waals surface area (Å²) in [5.74, 6) is 1.77. The third kappa shape index (κ3) is 3.34. The molecule has 0 unspecified atom stereocenters. The summed E-state index contributed by atoms with van der Waals surface area (Å²) in [6.07, 6.45) is 5.80. The van der Waals surface area contributed by atoms with E-state index in [4.69, 9.17) is 4.74 Å². The van der Waals surface area contributed by atoms with Gasteiger partial charge in [0.25, 0.3) is 0 Å². The highest BCUT2D eigenvalue weighted by Gasteiger charge is 2.22. The number of aryl methyl sites for hydroxylation is 1. The monoisotopic (exact) mass is 368 g/mol. The van der Waals surface area contributed by atoms with Gasteiger partial charge in [-0.1, -0.05) is 6.92 Å². The number of aromatic nitrogens is 4. The van der Waals surface area contributed by atoms with E-state index in [0.29, 0.717) is 17.6 Å². The second kappa shape index (κ2) is 6.94. The van der Waals surface area contributed by atoms with Gasteiger partial charge >= 0.3 is 6.03 Å². The minimum atomic E-state index is -0.122. The van der Waals surface area contributed by atoms with Crippen LogP contribution in [0.2, 0.25) is 0 Å². The normalized spacial score (nSPS) is 15.3. The fourth-order valence-electron chi connectivity index (χ4n) is 3.48. The van der Waals surface area contributed by atoms with Gasteiger partial charge in [0.1, 0.15) is 16.8 Å². The zero-order chi connectivity index (χ0) is 19.0. The molecular weight excluding hydrogens is 344 g/mol. The molecule has 8 nitrogen and oxygen atoms in total. The van der Waals surface area contributed by atoms with Gasteiger partial charge in [-0.05, 0) is 30.9 Å². The van der Waals surface area contributed by atoms with Crippen molar-refractivity contribution >= 4 is 23.0 Å². The Hall–Kier alpha value is -3.03. The predicted octanol–water partition coefficient (Wildman–Crippen LogP) is 3.24. The van der Waals surface area contributed by atoms with E-state index in [9.17, 15) is 4.79 Å². The average Bonchev–Trinajstić information content (AvgIpc) is 3.27. The van der Waals surface area contributed by atoms with Crippen LogP contribution in [0.5, 0.6) is 5.75 Å². The third-order valence-electron chi connectivity index (χ3n) is 5.14. The van der Waals surface area contributed by atoms with Crippen molar-refractivity contribution in [3.05, 3.63) is 24.5 Å². The summed E-state index contributed by atoms with van der Waals surface area (Å²) in [6.45, 7) is 3.77. The van der Waals surface area contributed by atoms with Crippen LogP contribution in [0.15, 0.2) is 24.5 Å². The topological polar surface area (TPSA) is 88.1 Å². The highest BCUT2D eigenvalue weighted by Crippen LogP contribution is 2.33.